The van der Waals surface area contributed by atoms with Crippen LogP contribution < -0.4 is 4.73 Å². The van der Waals surface area contributed by atoms with Gasteiger partial charge in [0, 0.05) is 22.4 Å². The first kappa shape index (κ1) is 13.4. The molecule has 1 aromatic heterocycles. The highest BCUT2D eigenvalue weighted by molar-refractivity contribution is 9.10. The third-order valence-corrected chi connectivity index (χ3v) is 4.06. The lowest BCUT2D eigenvalue weighted by Gasteiger charge is -2.10. The van der Waals surface area contributed by atoms with Crippen LogP contribution in [0, 0.1) is 5.21 Å². The molecule has 0 aliphatic carbocycles. The van der Waals surface area contributed by atoms with Crippen molar-refractivity contribution in [3.63, 3.8) is 0 Å². The molecule has 0 saturated carbocycles. The Labute approximate surface area is 118 Å². The van der Waals surface area contributed by atoms with Crippen molar-refractivity contribution in [3.05, 3.63) is 63.9 Å². The maximum absolute atomic E-state index is 11.4. The topological polar surface area (TPSA) is 47.2 Å². The van der Waals surface area contributed by atoms with Gasteiger partial charge in [0.25, 0.3) is 5.03 Å². The molecule has 0 fully saturated rings. The Morgan fingerprint density at radius 3 is 2.61 bits per heavy atom. The summed E-state index contributed by atoms with van der Waals surface area (Å²) < 4.78 is 1.78. The van der Waals surface area contributed by atoms with Gasteiger partial charge in [-0.3, -0.25) is 0 Å². The Morgan fingerprint density at radius 1 is 1.22 bits per heavy atom. The van der Waals surface area contributed by atoms with Crippen LogP contribution >= 0.6 is 27.7 Å². The van der Waals surface area contributed by atoms with Crippen molar-refractivity contribution >= 4 is 27.7 Å². The fraction of sp³-hybridized carbons (Fsp3) is 0.154. The Hall–Kier alpha value is -1.04. The van der Waals surface area contributed by atoms with Crippen molar-refractivity contribution < 1.29 is 9.84 Å². The van der Waals surface area contributed by atoms with E-state index in [0.717, 1.165) is 14.8 Å². The molecule has 1 N–H and O–H groups in total. The molecule has 1 unspecified atom stereocenters. The van der Waals surface area contributed by atoms with Gasteiger partial charge in [-0.2, -0.15) is 4.73 Å². The quantitative estimate of drug-likeness (QED) is 0.534. The van der Waals surface area contributed by atoms with E-state index in [1.807, 2.05) is 30.3 Å². The minimum absolute atomic E-state index is 0.452. The number of aromatic nitrogens is 1. The average Bonchev–Trinajstić information content (AvgIpc) is 2.38. The number of pyridine rings is 1. The van der Waals surface area contributed by atoms with Gasteiger partial charge in [-0.25, -0.2) is 0 Å². The summed E-state index contributed by atoms with van der Waals surface area (Å²) in [6.45, 7) is 0. The van der Waals surface area contributed by atoms with Crippen molar-refractivity contribution in [2.45, 2.75) is 11.1 Å². The number of hydrogen-bond acceptors (Lipinski definition) is 3. The predicted molar refractivity (Wildman–Crippen MR) is 75.2 cm³/mol. The van der Waals surface area contributed by atoms with Crippen LogP contribution in [0.2, 0.25) is 0 Å². The summed E-state index contributed by atoms with van der Waals surface area (Å²) in [7, 11) is 0. The summed E-state index contributed by atoms with van der Waals surface area (Å²) >= 11 is 4.69. The maximum Gasteiger partial charge on any atom is 0.251 e. The normalized spacial score (nSPS) is 12.3. The second kappa shape index (κ2) is 6.22. The molecule has 2 rings (SSSR count). The molecular formula is C13H12BrNO2S. The minimum Gasteiger partial charge on any atom is -0.618 e. The summed E-state index contributed by atoms with van der Waals surface area (Å²) in [5.74, 6) is 0.452. The number of thioether (sulfide) groups is 1. The molecule has 0 bridgehead atoms. The number of nitrogens with zero attached hydrogens (tertiary/aromatic N) is 1. The Balaban J connectivity index is 1.98. The second-order valence-electron chi connectivity index (χ2n) is 3.74. The first-order valence-electron chi connectivity index (χ1n) is 5.41. The van der Waals surface area contributed by atoms with Crippen LogP contribution in [0.25, 0.3) is 0 Å². The molecule has 1 heterocycles. The molecule has 0 aliphatic rings. The van der Waals surface area contributed by atoms with Crippen LogP contribution in [-0.4, -0.2) is 10.9 Å². The summed E-state index contributed by atoms with van der Waals surface area (Å²) in [5.41, 5.74) is 0.846. The van der Waals surface area contributed by atoms with Crippen LogP contribution in [0.1, 0.15) is 11.7 Å². The first-order chi connectivity index (χ1) is 8.66. The zero-order valence-corrected chi connectivity index (χ0v) is 11.9. The number of hydrogen-bond donors (Lipinski definition) is 1. The lowest BCUT2D eigenvalue weighted by Crippen LogP contribution is -2.28. The van der Waals surface area contributed by atoms with Gasteiger partial charge in [0.05, 0.1) is 6.10 Å². The van der Waals surface area contributed by atoms with Gasteiger partial charge in [-0.15, -0.1) is 0 Å². The predicted octanol–water partition coefficient (Wildman–Crippen LogP) is 2.91. The number of aliphatic hydroxyl groups is 1. The zero-order valence-electron chi connectivity index (χ0n) is 9.49. The monoisotopic (exact) mass is 325 g/mol. The van der Waals surface area contributed by atoms with E-state index in [1.165, 1.54) is 18.0 Å². The summed E-state index contributed by atoms with van der Waals surface area (Å²) in [6, 6.07) is 12.7. The van der Waals surface area contributed by atoms with Gasteiger partial charge in [0.2, 0.25) is 0 Å². The van der Waals surface area contributed by atoms with Crippen LogP contribution in [0.15, 0.2) is 58.2 Å². The fourth-order valence-electron chi connectivity index (χ4n) is 1.47. The Kier molecular flexibility index (Phi) is 4.63. The molecule has 0 radical (unpaired) electrons. The molecule has 2 aromatic rings. The third-order valence-electron chi connectivity index (χ3n) is 2.43. The molecule has 94 valence electrons. The van der Waals surface area contributed by atoms with Gasteiger partial charge >= 0.3 is 0 Å². The highest BCUT2D eigenvalue weighted by atomic mass is 79.9. The van der Waals surface area contributed by atoms with Gasteiger partial charge in [0.1, 0.15) is 0 Å². The number of aliphatic hydroxyl groups excluding tert-OH is 1. The minimum atomic E-state index is -0.580. The maximum atomic E-state index is 11.4. The van der Waals surface area contributed by atoms with Crippen molar-refractivity contribution in [3.8, 4) is 0 Å². The molecular weight excluding hydrogens is 314 g/mol. The zero-order chi connectivity index (χ0) is 13.0. The van der Waals surface area contributed by atoms with Crippen molar-refractivity contribution in [1.29, 1.82) is 0 Å². The van der Waals surface area contributed by atoms with Gasteiger partial charge < -0.3 is 10.3 Å². The van der Waals surface area contributed by atoms with E-state index >= 15 is 0 Å². The van der Waals surface area contributed by atoms with Crippen molar-refractivity contribution in [2.75, 3.05) is 5.75 Å². The standard InChI is InChI=1S/C13H12BrNO2S/c14-11-6-4-10(5-7-11)12(16)9-18-13-3-1-2-8-15(13)17/h1-8,12,16H,9H2. The third kappa shape index (κ3) is 3.48. The van der Waals surface area contributed by atoms with E-state index in [2.05, 4.69) is 15.9 Å². The largest absolute Gasteiger partial charge is 0.618 e. The van der Waals surface area contributed by atoms with E-state index in [1.54, 1.807) is 12.1 Å². The Morgan fingerprint density at radius 2 is 1.94 bits per heavy atom. The summed E-state index contributed by atoms with van der Waals surface area (Å²) in [5, 5.41) is 22.0. The lowest BCUT2D eigenvalue weighted by molar-refractivity contribution is -0.645. The van der Waals surface area contributed by atoms with E-state index in [-0.39, 0.29) is 0 Å². The number of halogens is 1. The molecule has 0 amide bonds. The van der Waals surface area contributed by atoms with E-state index in [4.69, 9.17) is 0 Å². The molecule has 18 heavy (non-hydrogen) atoms. The van der Waals surface area contributed by atoms with Crippen molar-refractivity contribution in [2.24, 2.45) is 0 Å². The first-order valence-corrected chi connectivity index (χ1v) is 7.19. The average molecular weight is 326 g/mol. The van der Waals surface area contributed by atoms with Crippen LogP contribution in [0.5, 0.6) is 0 Å². The SMILES string of the molecule is [O-][n+]1ccccc1SCC(O)c1ccc(Br)cc1. The van der Waals surface area contributed by atoms with Crippen LogP contribution in [-0.2, 0) is 0 Å². The van der Waals surface area contributed by atoms with E-state index < -0.39 is 6.10 Å². The molecule has 1 atom stereocenters. The number of rotatable bonds is 4. The van der Waals surface area contributed by atoms with Gasteiger partial charge in [0.15, 0.2) is 6.20 Å². The molecule has 1 aromatic carbocycles. The molecule has 0 aliphatic heterocycles. The summed E-state index contributed by atoms with van der Waals surface area (Å²) in [6.07, 6.45) is 0.872. The smallest absolute Gasteiger partial charge is 0.251 e. The lowest BCUT2D eigenvalue weighted by atomic mass is 10.1. The Bertz CT molecular complexity index is 519. The van der Waals surface area contributed by atoms with Crippen LogP contribution in [0.3, 0.4) is 0 Å². The second-order valence-corrected chi connectivity index (χ2v) is 5.70. The molecule has 3 nitrogen and oxygen atoms in total. The molecule has 0 spiro atoms. The van der Waals surface area contributed by atoms with E-state index in [9.17, 15) is 10.3 Å². The summed E-state index contributed by atoms with van der Waals surface area (Å²) in [4.78, 5) is 0. The van der Waals surface area contributed by atoms with Gasteiger partial charge in [-0.05, 0) is 23.8 Å². The van der Waals surface area contributed by atoms with Gasteiger partial charge in [-0.1, -0.05) is 39.8 Å². The highest BCUT2D eigenvalue weighted by Gasteiger charge is 2.11. The molecule has 5 heteroatoms. The fourth-order valence-corrected chi connectivity index (χ4v) is 2.62. The van der Waals surface area contributed by atoms with E-state index in [0.29, 0.717) is 10.8 Å². The number of benzene rings is 1. The van der Waals surface area contributed by atoms with Crippen molar-refractivity contribution in [1.82, 2.24) is 0 Å². The highest BCUT2D eigenvalue weighted by Crippen LogP contribution is 2.23. The van der Waals surface area contributed by atoms with Crippen LogP contribution in [0.4, 0.5) is 0 Å². The molecule has 0 saturated heterocycles.